The maximum absolute atomic E-state index is 14.1. The van der Waals surface area contributed by atoms with E-state index in [1.54, 1.807) is 0 Å². The summed E-state index contributed by atoms with van der Waals surface area (Å²) in [6.07, 6.45) is 32.6. The predicted octanol–water partition coefficient (Wildman–Crippen LogP) is 7.36. The minimum atomic E-state index is -0.716. The number of carbonyl (C=O) groups is 2. The van der Waals surface area contributed by atoms with Crippen LogP contribution in [0.1, 0.15) is 181 Å². The van der Waals surface area contributed by atoms with Gasteiger partial charge in [-0.25, -0.2) is 0 Å². The molecule has 6 N–H and O–H groups in total. The van der Waals surface area contributed by atoms with Crippen LogP contribution in [0.5, 0.6) is 0 Å². The number of esters is 1. The van der Waals surface area contributed by atoms with Gasteiger partial charge in [-0.3, -0.25) is 25.1 Å². The van der Waals surface area contributed by atoms with E-state index in [0.717, 1.165) is 116 Å². The number of hydrogen-bond donors (Lipinski definition) is 4. The molecular weight excluding hydrogens is 705 g/mol. The van der Waals surface area contributed by atoms with E-state index in [9.17, 15) is 9.59 Å². The van der Waals surface area contributed by atoms with Gasteiger partial charge in [0.2, 0.25) is 5.91 Å². The molecule has 8 atom stereocenters. The zero-order valence-corrected chi connectivity index (χ0v) is 35.6. The number of hydrogen-bond acceptors (Lipinski definition) is 10. The first-order valence-corrected chi connectivity index (χ1v) is 23.5. The normalized spacial score (nSPS) is 31.4. The summed E-state index contributed by atoms with van der Waals surface area (Å²) in [6, 6.07) is 0.479. The molecule has 322 valence electrons. The number of nitrogens with one attached hydrogen (secondary N) is 2. The van der Waals surface area contributed by atoms with Gasteiger partial charge in [0, 0.05) is 38.0 Å². The Morgan fingerprint density at radius 3 is 2.18 bits per heavy atom. The van der Waals surface area contributed by atoms with Crippen molar-refractivity contribution in [2.75, 3.05) is 32.8 Å². The van der Waals surface area contributed by atoms with Crippen LogP contribution in [0.3, 0.4) is 0 Å². The summed E-state index contributed by atoms with van der Waals surface area (Å²) in [4.78, 5) is 31.3. The van der Waals surface area contributed by atoms with Gasteiger partial charge in [-0.1, -0.05) is 89.7 Å². The molecule has 0 radical (unpaired) electrons. The van der Waals surface area contributed by atoms with Gasteiger partial charge in [0.1, 0.15) is 23.7 Å². The third kappa shape index (κ3) is 12.9. The van der Waals surface area contributed by atoms with Gasteiger partial charge < -0.3 is 30.6 Å². The van der Waals surface area contributed by atoms with Crippen molar-refractivity contribution < 1.29 is 23.8 Å². The van der Waals surface area contributed by atoms with Crippen LogP contribution >= 0.6 is 0 Å². The van der Waals surface area contributed by atoms with Crippen LogP contribution in [0.2, 0.25) is 0 Å². The molecule has 5 rings (SSSR count). The lowest BCUT2D eigenvalue weighted by Gasteiger charge is -2.60. The van der Waals surface area contributed by atoms with Crippen molar-refractivity contribution in [1.29, 1.82) is 0 Å². The molecule has 0 aromatic heterocycles. The lowest BCUT2D eigenvalue weighted by molar-refractivity contribution is -0.255. The van der Waals surface area contributed by atoms with E-state index >= 15 is 0 Å². The van der Waals surface area contributed by atoms with Crippen molar-refractivity contribution in [3.8, 4) is 0 Å². The lowest BCUT2D eigenvalue weighted by atomic mass is 9.79. The van der Waals surface area contributed by atoms with E-state index in [-0.39, 0.29) is 48.1 Å². The Kier molecular flexibility index (Phi) is 19.4. The zero-order chi connectivity index (χ0) is 39.6. The maximum atomic E-state index is 14.1. The van der Waals surface area contributed by atoms with Crippen LogP contribution in [0, 0.1) is 5.92 Å². The van der Waals surface area contributed by atoms with Gasteiger partial charge in [-0.05, 0) is 103 Å². The Balaban J connectivity index is 0.933. The smallest absolute Gasteiger partial charge is 0.314 e. The van der Waals surface area contributed by atoms with Crippen LogP contribution in [0.4, 0.5) is 0 Å². The van der Waals surface area contributed by atoms with E-state index in [1.807, 2.05) is 4.90 Å². The molecule has 0 saturated carbocycles. The average molecular weight is 787 g/mol. The van der Waals surface area contributed by atoms with E-state index < -0.39 is 5.72 Å². The van der Waals surface area contributed by atoms with Crippen molar-refractivity contribution >= 4 is 11.9 Å². The Bertz CT molecular complexity index is 1190. The highest BCUT2D eigenvalue weighted by Gasteiger charge is 2.63. The van der Waals surface area contributed by atoms with Crippen molar-refractivity contribution in [2.24, 2.45) is 17.4 Å². The van der Waals surface area contributed by atoms with Crippen molar-refractivity contribution in [3.63, 3.8) is 0 Å². The Morgan fingerprint density at radius 1 is 0.821 bits per heavy atom. The molecule has 2 spiro atoms. The lowest BCUT2D eigenvalue weighted by Crippen LogP contribution is -2.81. The number of nitrogens with zero attached hydrogens (tertiary/aromatic N) is 2. The van der Waals surface area contributed by atoms with Gasteiger partial charge in [0.25, 0.3) is 0 Å². The monoisotopic (exact) mass is 787 g/mol. The predicted molar refractivity (Wildman–Crippen MR) is 224 cm³/mol. The summed E-state index contributed by atoms with van der Waals surface area (Å²) in [5, 5.41) is 7.85. The maximum Gasteiger partial charge on any atom is 0.314 e. The number of ether oxygens (including phenoxy) is 3. The van der Waals surface area contributed by atoms with Crippen molar-refractivity contribution in [3.05, 3.63) is 12.2 Å². The molecule has 11 nitrogen and oxygen atoms in total. The van der Waals surface area contributed by atoms with Crippen LogP contribution in [0.15, 0.2) is 12.2 Å². The molecule has 0 aliphatic carbocycles. The molecule has 0 aromatic rings. The van der Waals surface area contributed by atoms with E-state index in [2.05, 4.69) is 41.5 Å². The van der Waals surface area contributed by atoms with Gasteiger partial charge in [0.05, 0.1) is 18.8 Å². The molecule has 5 aliphatic heterocycles. The second-order valence-electron chi connectivity index (χ2n) is 17.9. The summed E-state index contributed by atoms with van der Waals surface area (Å²) in [7, 11) is 0. The van der Waals surface area contributed by atoms with E-state index in [1.165, 1.54) is 57.8 Å². The minimum absolute atomic E-state index is 0.0792. The summed E-state index contributed by atoms with van der Waals surface area (Å²) in [5.41, 5.74) is 10.2. The van der Waals surface area contributed by atoms with E-state index in [0.29, 0.717) is 32.2 Å². The summed E-state index contributed by atoms with van der Waals surface area (Å²) < 4.78 is 19.7. The fraction of sp³-hybridized carbons (Fsp3) is 0.911. The SMILES string of the molecule is CC[C@@H]1C=CCC[C@]2(C[C@H]3CC[C@H]4[C@@H](C(=O)OCCCCCCCCCCCCCCCC(=O)N(CCCN)CCCCN)[C@@]5(CCC[C@H](C)O5)NC(N2)N34)O1. The first-order valence-electron chi connectivity index (χ1n) is 23.5. The van der Waals surface area contributed by atoms with Crippen LogP contribution in [-0.4, -0.2) is 96.5 Å². The molecule has 0 bridgehead atoms. The van der Waals surface area contributed by atoms with Crippen LogP contribution < -0.4 is 22.1 Å². The Morgan fingerprint density at radius 2 is 1.50 bits per heavy atom. The molecule has 1 unspecified atom stereocenters. The highest BCUT2D eigenvalue weighted by atomic mass is 16.6. The van der Waals surface area contributed by atoms with Crippen molar-refractivity contribution in [2.45, 2.75) is 223 Å². The fourth-order valence-corrected chi connectivity index (χ4v) is 10.5. The number of carbonyl (C=O) groups excluding carboxylic acids is 2. The molecule has 56 heavy (non-hydrogen) atoms. The molecular formula is C45H82N6O5. The van der Waals surface area contributed by atoms with Gasteiger partial charge >= 0.3 is 5.97 Å². The number of amides is 1. The first-order chi connectivity index (χ1) is 27.3. The number of unbranched alkanes of at least 4 members (excludes halogenated alkanes) is 13. The van der Waals surface area contributed by atoms with Gasteiger partial charge in [0.15, 0.2) is 0 Å². The Labute approximate surface area is 340 Å². The molecule has 4 fully saturated rings. The topological polar surface area (TPSA) is 144 Å². The summed E-state index contributed by atoms with van der Waals surface area (Å²) in [5.74, 6) is -0.122. The summed E-state index contributed by atoms with van der Waals surface area (Å²) >= 11 is 0. The molecule has 5 heterocycles. The number of rotatable bonds is 25. The molecule has 5 aliphatic rings. The van der Waals surface area contributed by atoms with Crippen molar-refractivity contribution in [1.82, 2.24) is 20.4 Å². The quantitative estimate of drug-likeness (QED) is 0.0421. The largest absolute Gasteiger partial charge is 0.465 e. The van der Waals surface area contributed by atoms with Crippen LogP contribution in [-0.2, 0) is 23.8 Å². The molecule has 1 amide bonds. The standard InChI is InChI=1S/C45H82N6O5/c1-3-38-24-16-17-28-44(56-38)35-37-26-27-39-41(45(29-21-23-36(2)55-45)49-43(48-44)51(37)39)42(53)54-34-20-14-12-10-8-6-4-5-7-9-11-13-15-25-40(52)50(33-22-31-47)32-19-18-30-46/h16,24,36-39,41,43,48-49H,3-15,17-23,25-35,46-47H2,1-2H3/t36-,37+,38+,39-,41-,43?,44+,45-/m0/s1. The fourth-order valence-electron chi connectivity index (χ4n) is 10.5. The highest BCUT2D eigenvalue weighted by molar-refractivity contribution is 5.76. The second-order valence-corrected chi connectivity index (χ2v) is 17.9. The second kappa shape index (κ2) is 23.9. The van der Waals surface area contributed by atoms with E-state index in [4.69, 9.17) is 25.7 Å². The highest BCUT2D eigenvalue weighted by Crippen LogP contribution is 2.49. The third-order valence-corrected chi connectivity index (χ3v) is 13.4. The molecule has 0 aromatic carbocycles. The third-order valence-electron chi connectivity index (χ3n) is 13.4. The molecule has 4 saturated heterocycles. The first kappa shape index (κ1) is 45.5. The number of allylic oxidation sites excluding steroid dienone is 1. The number of nitrogens with two attached hydrogens (primary N) is 2. The Hall–Kier alpha value is -1.60. The zero-order valence-electron chi connectivity index (χ0n) is 35.6. The average Bonchev–Trinajstić information content (AvgIpc) is 3.49. The van der Waals surface area contributed by atoms with Gasteiger partial charge in [-0.2, -0.15) is 0 Å². The van der Waals surface area contributed by atoms with Crippen LogP contribution in [0.25, 0.3) is 0 Å². The minimum Gasteiger partial charge on any atom is -0.465 e. The summed E-state index contributed by atoms with van der Waals surface area (Å²) in [6.45, 7) is 7.75. The molecule has 11 heteroatoms. The van der Waals surface area contributed by atoms with Gasteiger partial charge in [-0.15, -0.1) is 0 Å².